The Morgan fingerprint density at radius 3 is 2.58 bits per heavy atom. The summed E-state index contributed by atoms with van der Waals surface area (Å²) in [5, 5.41) is 1.89. The van der Waals surface area contributed by atoms with E-state index in [1.54, 1.807) is 18.2 Å². The van der Waals surface area contributed by atoms with E-state index in [0.29, 0.717) is 16.1 Å². The molecule has 1 aliphatic rings. The molecule has 3 heterocycles. The van der Waals surface area contributed by atoms with Crippen molar-refractivity contribution in [1.29, 1.82) is 0 Å². The van der Waals surface area contributed by atoms with Gasteiger partial charge in [0.15, 0.2) is 0 Å². The van der Waals surface area contributed by atoms with E-state index in [4.69, 9.17) is 23.2 Å². The van der Waals surface area contributed by atoms with E-state index in [1.807, 2.05) is 38.1 Å². The van der Waals surface area contributed by atoms with E-state index in [9.17, 15) is 14.4 Å². The number of alkyl halides is 1. The highest BCUT2D eigenvalue weighted by atomic mass is 35.5. The second-order valence-electron chi connectivity index (χ2n) is 8.09. The molecule has 0 aliphatic carbocycles. The van der Waals surface area contributed by atoms with Crippen LogP contribution in [0.2, 0.25) is 5.15 Å². The van der Waals surface area contributed by atoms with E-state index in [1.165, 1.54) is 6.20 Å². The van der Waals surface area contributed by atoms with Crippen molar-refractivity contribution in [3.63, 3.8) is 0 Å². The summed E-state index contributed by atoms with van der Waals surface area (Å²) < 4.78 is 0. The summed E-state index contributed by atoms with van der Waals surface area (Å²) in [6, 6.07) is 12.1. The Morgan fingerprint density at radius 2 is 1.85 bits per heavy atom. The van der Waals surface area contributed by atoms with Crippen molar-refractivity contribution in [3.8, 4) is 0 Å². The zero-order valence-electron chi connectivity index (χ0n) is 17.6. The summed E-state index contributed by atoms with van der Waals surface area (Å²) in [4.78, 5) is 45.9. The number of hydrogen-bond donors (Lipinski definition) is 2. The van der Waals surface area contributed by atoms with Gasteiger partial charge in [-0.3, -0.25) is 24.8 Å². The third-order valence-corrected chi connectivity index (χ3v) is 6.52. The number of β-lactam (4-membered cyclic amide) rings is 1. The lowest BCUT2D eigenvalue weighted by molar-refractivity contribution is -0.149. The van der Waals surface area contributed by atoms with E-state index in [-0.39, 0.29) is 5.56 Å². The Bertz CT molecular complexity index is 1510. The number of amides is 2. The quantitative estimate of drug-likeness (QED) is 0.199. The molecule has 7 nitrogen and oxygen atoms in total. The lowest BCUT2D eigenvalue weighted by Gasteiger charge is -2.43. The van der Waals surface area contributed by atoms with Crippen LogP contribution in [0.1, 0.15) is 33.1 Å². The minimum absolute atomic E-state index is 0.161. The number of fused-ring (bicyclic) bond motifs is 3. The van der Waals surface area contributed by atoms with Crippen LogP contribution in [0.3, 0.4) is 0 Å². The first-order chi connectivity index (χ1) is 15.8. The van der Waals surface area contributed by atoms with Gasteiger partial charge in [-0.1, -0.05) is 41.4 Å². The number of aromatic amines is 1. The smallest absolute Gasteiger partial charge is 0.275 e. The van der Waals surface area contributed by atoms with Gasteiger partial charge in [-0.15, -0.1) is 11.6 Å². The Hall–Kier alpha value is -3.42. The van der Waals surface area contributed by atoms with E-state index in [2.05, 4.69) is 15.4 Å². The van der Waals surface area contributed by atoms with Crippen LogP contribution in [0.15, 0.2) is 53.5 Å². The number of nitrogens with zero attached hydrogens (tertiary/aromatic N) is 2. The summed E-state index contributed by atoms with van der Waals surface area (Å²) in [7, 11) is 0. The van der Waals surface area contributed by atoms with Gasteiger partial charge in [0.2, 0.25) is 5.43 Å². The van der Waals surface area contributed by atoms with Gasteiger partial charge in [0.05, 0.1) is 5.52 Å². The predicted octanol–water partition coefficient (Wildman–Crippen LogP) is 4.18. The molecule has 2 amide bonds. The topological polar surface area (TPSA) is 95.2 Å². The van der Waals surface area contributed by atoms with Gasteiger partial charge in [0.25, 0.3) is 11.8 Å². The SMILES string of the molecule is Cc1ccc(C2C(Cl)C(=O)N2NC(=O)c2cnc3c(ccc4[nH]c(Cl)cc(C)c43)c2=O)cc1. The molecular formula is C24H18Cl2N4O3. The first kappa shape index (κ1) is 21.4. The average molecular weight is 481 g/mol. The number of carbonyl (C=O) groups is 2. The summed E-state index contributed by atoms with van der Waals surface area (Å²) in [5.74, 6) is -1.16. The van der Waals surface area contributed by atoms with Crippen LogP contribution < -0.4 is 10.9 Å². The average Bonchev–Trinajstić information content (AvgIpc) is 2.79. The molecule has 0 radical (unpaired) electrons. The highest BCUT2D eigenvalue weighted by Crippen LogP contribution is 2.37. The van der Waals surface area contributed by atoms with Crippen molar-refractivity contribution in [2.45, 2.75) is 25.3 Å². The fourth-order valence-electron chi connectivity index (χ4n) is 4.16. The second kappa shape index (κ2) is 7.86. The molecule has 0 saturated carbocycles. The minimum atomic E-state index is -0.799. The maximum atomic E-state index is 13.1. The number of hydrazine groups is 1. The van der Waals surface area contributed by atoms with Gasteiger partial charge >= 0.3 is 0 Å². The van der Waals surface area contributed by atoms with E-state index in [0.717, 1.165) is 32.6 Å². The summed E-state index contributed by atoms with van der Waals surface area (Å²) in [6.45, 7) is 3.82. The number of aromatic nitrogens is 2. The summed E-state index contributed by atoms with van der Waals surface area (Å²) in [5.41, 5.74) is 5.80. The summed E-state index contributed by atoms with van der Waals surface area (Å²) >= 11 is 12.3. The van der Waals surface area contributed by atoms with E-state index < -0.39 is 28.7 Å². The van der Waals surface area contributed by atoms with Crippen LogP contribution >= 0.6 is 23.2 Å². The number of nitrogens with one attached hydrogen (secondary N) is 2. The number of rotatable bonds is 3. The molecule has 9 heteroatoms. The third kappa shape index (κ3) is 3.44. The van der Waals surface area contributed by atoms with Gasteiger partial charge in [-0.2, -0.15) is 0 Å². The molecule has 33 heavy (non-hydrogen) atoms. The fraction of sp³-hybridized carbons (Fsp3) is 0.167. The molecule has 1 fully saturated rings. The van der Waals surface area contributed by atoms with Crippen LogP contribution in [0, 0.1) is 13.8 Å². The fourth-order valence-corrected chi connectivity index (χ4v) is 4.79. The highest BCUT2D eigenvalue weighted by Gasteiger charge is 2.48. The zero-order chi connectivity index (χ0) is 23.4. The molecule has 4 aromatic rings. The number of halogens is 2. The predicted molar refractivity (Wildman–Crippen MR) is 127 cm³/mol. The number of benzene rings is 2. The molecule has 5 rings (SSSR count). The molecule has 1 aliphatic heterocycles. The normalized spacial score (nSPS) is 17.9. The monoisotopic (exact) mass is 480 g/mol. The molecule has 2 N–H and O–H groups in total. The standard InChI is InChI=1S/C24H18Cl2N4O3/c1-11-3-5-13(6-4-11)21-19(26)24(33)30(21)29-23(32)15-10-27-20-14(22(15)31)7-8-16-18(20)12(2)9-17(25)28-16/h3-10,19,21,28H,1-2H3,(H,29,32). The van der Waals surface area contributed by atoms with Crippen LogP contribution in [0.4, 0.5) is 0 Å². The lowest BCUT2D eigenvalue weighted by Crippen LogP contribution is -2.63. The van der Waals surface area contributed by atoms with Crippen molar-refractivity contribution in [1.82, 2.24) is 20.4 Å². The molecular weight excluding hydrogens is 463 g/mol. The van der Waals surface area contributed by atoms with Crippen molar-refractivity contribution in [2.75, 3.05) is 0 Å². The van der Waals surface area contributed by atoms with Crippen LogP contribution in [0.25, 0.3) is 21.8 Å². The summed E-state index contributed by atoms with van der Waals surface area (Å²) in [6.07, 6.45) is 1.23. The molecule has 2 aromatic carbocycles. The van der Waals surface area contributed by atoms with Crippen LogP contribution in [0.5, 0.6) is 0 Å². The van der Waals surface area contributed by atoms with Crippen LogP contribution in [-0.2, 0) is 4.79 Å². The molecule has 166 valence electrons. The van der Waals surface area contributed by atoms with Crippen molar-refractivity contribution in [2.24, 2.45) is 0 Å². The van der Waals surface area contributed by atoms with E-state index >= 15 is 0 Å². The maximum absolute atomic E-state index is 13.1. The Balaban J connectivity index is 1.50. The van der Waals surface area contributed by atoms with Gasteiger partial charge in [-0.05, 0) is 43.2 Å². The Morgan fingerprint density at radius 1 is 1.12 bits per heavy atom. The Kier molecular flexibility index (Phi) is 5.11. The zero-order valence-corrected chi connectivity index (χ0v) is 19.2. The lowest BCUT2D eigenvalue weighted by atomic mass is 9.94. The molecule has 0 spiro atoms. The van der Waals surface area contributed by atoms with Crippen molar-refractivity contribution in [3.05, 3.63) is 86.3 Å². The number of aryl methyl sites for hydroxylation is 2. The van der Waals surface area contributed by atoms with Crippen LogP contribution in [-0.4, -0.2) is 32.2 Å². The number of carbonyl (C=O) groups excluding carboxylic acids is 2. The molecule has 1 saturated heterocycles. The van der Waals surface area contributed by atoms with Gasteiger partial charge in [0.1, 0.15) is 22.1 Å². The molecule has 2 atom stereocenters. The molecule has 0 bridgehead atoms. The number of hydrogen-bond acceptors (Lipinski definition) is 4. The van der Waals surface area contributed by atoms with Gasteiger partial charge < -0.3 is 4.98 Å². The third-order valence-electron chi connectivity index (χ3n) is 5.90. The maximum Gasteiger partial charge on any atom is 0.275 e. The minimum Gasteiger partial charge on any atom is -0.346 e. The van der Waals surface area contributed by atoms with Crippen molar-refractivity contribution >= 4 is 56.8 Å². The first-order valence-electron chi connectivity index (χ1n) is 10.2. The first-order valence-corrected chi connectivity index (χ1v) is 11.0. The molecule has 2 unspecified atom stereocenters. The highest BCUT2D eigenvalue weighted by molar-refractivity contribution is 6.33. The molecule has 2 aromatic heterocycles. The second-order valence-corrected chi connectivity index (χ2v) is 8.97. The largest absolute Gasteiger partial charge is 0.346 e. The van der Waals surface area contributed by atoms with Gasteiger partial charge in [0, 0.05) is 22.5 Å². The van der Waals surface area contributed by atoms with Gasteiger partial charge in [-0.25, -0.2) is 5.01 Å². The number of H-pyrrole nitrogens is 1. The Labute approximate surface area is 198 Å². The number of pyridine rings is 2. The van der Waals surface area contributed by atoms with Crippen molar-refractivity contribution < 1.29 is 9.59 Å².